The Morgan fingerprint density at radius 2 is 1.56 bits per heavy atom. The first-order chi connectivity index (χ1) is 11.6. The van der Waals surface area contributed by atoms with Gasteiger partial charge in [-0.15, -0.1) is 0 Å². The Kier molecular flexibility index (Phi) is 4.02. The first-order valence-corrected chi connectivity index (χ1v) is 8.57. The number of aryl methyl sites for hydroxylation is 6. The third-order valence-electron chi connectivity index (χ3n) is 5.49. The largest absolute Gasteiger partial charge is 0.288 e. The van der Waals surface area contributed by atoms with Crippen LogP contribution in [0.25, 0.3) is 10.9 Å². The van der Waals surface area contributed by atoms with Crippen LogP contribution in [0.4, 0.5) is 0 Å². The van der Waals surface area contributed by atoms with Gasteiger partial charge in [0.05, 0.1) is 16.8 Å². The number of rotatable bonds is 2. The van der Waals surface area contributed by atoms with Crippen LogP contribution in [0.3, 0.4) is 0 Å². The fraction of sp³-hybridized carbons (Fsp3) is 0.381. The lowest BCUT2D eigenvalue weighted by Crippen LogP contribution is -2.09. The number of pyridine rings is 1. The van der Waals surface area contributed by atoms with Crippen LogP contribution in [0.1, 0.15) is 55.3 Å². The molecule has 0 saturated heterocycles. The minimum absolute atomic E-state index is 0.0308. The summed E-state index contributed by atoms with van der Waals surface area (Å²) < 4.78 is 1.77. The van der Waals surface area contributed by atoms with Gasteiger partial charge in [0.1, 0.15) is 0 Å². The van der Waals surface area contributed by atoms with Crippen molar-refractivity contribution in [2.24, 2.45) is 7.05 Å². The molecule has 4 nitrogen and oxygen atoms in total. The fourth-order valence-electron chi connectivity index (χ4n) is 3.69. The maximum absolute atomic E-state index is 13.3. The van der Waals surface area contributed by atoms with Gasteiger partial charge < -0.3 is 0 Å². The number of ketones is 1. The van der Waals surface area contributed by atoms with E-state index < -0.39 is 0 Å². The number of fused-ring (bicyclic) bond motifs is 1. The highest BCUT2D eigenvalue weighted by Crippen LogP contribution is 2.31. The van der Waals surface area contributed by atoms with Crippen LogP contribution in [0.2, 0.25) is 0 Å². The summed E-state index contributed by atoms with van der Waals surface area (Å²) >= 11 is 0. The maximum Gasteiger partial charge on any atom is 0.197 e. The number of hydrogen-bond acceptors (Lipinski definition) is 3. The topological polar surface area (TPSA) is 47.8 Å². The smallest absolute Gasteiger partial charge is 0.197 e. The molecule has 2 aromatic heterocycles. The highest BCUT2D eigenvalue weighted by molar-refractivity contribution is 6.13. The summed E-state index contributed by atoms with van der Waals surface area (Å²) in [5.41, 5.74) is 9.54. The van der Waals surface area contributed by atoms with Crippen molar-refractivity contribution in [3.8, 4) is 0 Å². The van der Waals surface area contributed by atoms with Gasteiger partial charge in [-0.05, 0) is 76.8 Å². The molecule has 130 valence electrons. The lowest BCUT2D eigenvalue weighted by atomic mass is 9.90. The summed E-state index contributed by atoms with van der Waals surface area (Å²) in [6.07, 6.45) is 0. The van der Waals surface area contributed by atoms with Gasteiger partial charge >= 0.3 is 0 Å². The number of carbonyl (C=O) groups is 1. The highest BCUT2D eigenvalue weighted by Gasteiger charge is 2.23. The molecule has 1 aromatic carbocycles. The molecule has 0 aliphatic carbocycles. The monoisotopic (exact) mass is 335 g/mol. The third kappa shape index (κ3) is 2.48. The van der Waals surface area contributed by atoms with Crippen molar-refractivity contribution < 1.29 is 4.79 Å². The zero-order valence-electron chi connectivity index (χ0n) is 16.3. The van der Waals surface area contributed by atoms with Crippen LogP contribution in [-0.4, -0.2) is 20.5 Å². The molecule has 25 heavy (non-hydrogen) atoms. The molecule has 0 fully saturated rings. The molecular formula is C21H25N3O. The molecule has 0 amide bonds. The fourth-order valence-corrected chi connectivity index (χ4v) is 3.69. The SMILES string of the molecule is Cc1nc2c(C)c(C(=O)c3c(C)nn(C)c3C)cc(C)c2c(C)c1C. The molecule has 3 aromatic rings. The minimum Gasteiger partial charge on any atom is -0.288 e. The van der Waals surface area contributed by atoms with Gasteiger partial charge in [-0.2, -0.15) is 5.10 Å². The second-order valence-corrected chi connectivity index (χ2v) is 7.04. The number of benzene rings is 1. The molecule has 0 bridgehead atoms. The van der Waals surface area contributed by atoms with Crippen LogP contribution in [0.5, 0.6) is 0 Å². The van der Waals surface area contributed by atoms with E-state index in [2.05, 4.69) is 25.9 Å². The molecule has 0 aliphatic rings. The van der Waals surface area contributed by atoms with Gasteiger partial charge in [-0.3, -0.25) is 14.5 Å². The van der Waals surface area contributed by atoms with Gasteiger partial charge in [0.2, 0.25) is 0 Å². The Balaban J connectivity index is 2.33. The number of hydrogen-bond donors (Lipinski definition) is 0. The van der Waals surface area contributed by atoms with Crippen molar-refractivity contribution in [1.82, 2.24) is 14.8 Å². The first kappa shape index (κ1) is 17.3. The summed E-state index contributed by atoms with van der Waals surface area (Å²) in [4.78, 5) is 18.1. The molecule has 0 atom stereocenters. The Bertz CT molecular complexity index is 1040. The van der Waals surface area contributed by atoms with Crippen molar-refractivity contribution in [3.63, 3.8) is 0 Å². The van der Waals surface area contributed by atoms with E-state index in [0.717, 1.165) is 44.7 Å². The molecule has 0 unspecified atom stereocenters. The molecule has 0 aliphatic heterocycles. The van der Waals surface area contributed by atoms with Gasteiger partial charge in [0.15, 0.2) is 5.78 Å². The van der Waals surface area contributed by atoms with E-state index in [0.29, 0.717) is 5.56 Å². The van der Waals surface area contributed by atoms with Crippen LogP contribution in [0, 0.1) is 48.5 Å². The maximum atomic E-state index is 13.3. The van der Waals surface area contributed by atoms with Crippen molar-refractivity contribution in [1.29, 1.82) is 0 Å². The molecule has 0 saturated carbocycles. The molecule has 4 heteroatoms. The standard InChI is InChI=1S/C21H25N3O/c1-10-9-17(21(25)19-15(6)23-24(8)16(19)7)13(4)20-18(10)12(3)11(2)14(5)22-20/h9H,1-8H3. The Morgan fingerprint density at radius 1 is 0.920 bits per heavy atom. The zero-order valence-corrected chi connectivity index (χ0v) is 16.3. The lowest BCUT2D eigenvalue weighted by Gasteiger charge is -2.16. The summed E-state index contributed by atoms with van der Waals surface area (Å²) in [6, 6.07) is 2.01. The van der Waals surface area contributed by atoms with Gasteiger partial charge in [0.25, 0.3) is 0 Å². The molecular weight excluding hydrogens is 310 g/mol. The normalized spacial score (nSPS) is 11.4. The van der Waals surface area contributed by atoms with Crippen LogP contribution < -0.4 is 0 Å². The zero-order chi connectivity index (χ0) is 18.6. The quantitative estimate of drug-likeness (QED) is 0.654. The second kappa shape index (κ2) is 5.80. The van der Waals surface area contributed by atoms with Crippen LogP contribution in [-0.2, 0) is 7.05 Å². The second-order valence-electron chi connectivity index (χ2n) is 7.04. The summed E-state index contributed by atoms with van der Waals surface area (Å²) in [5, 5.41) is 5.56. The molecule has 0 spiro atoms. The van der Waals surface area contributed by atoms with E-state index in [9.17, 15) is 4.79 Å². The average molecular weight is 335 g/mol. The van der Waals surface area contributed by atoms with Crippen molar-refractivity contribution >= 4 is 16.7 Å². The Morgan fingerprint density at radius 3 is 2.12 bits per heavy atom. The van der Waals surface area contributed by atoms with Crippen LogP contribution in [0.15, 0.2) is 6.07 Å². The van der Waals surface area contributed by atoms with E-state index >= 15 is 0 Å². The predicted molar refractivity (Wildman–Crippen MR) is 102 cm³/mol. The van der Waals surface area contributed by atoms with E-state index in [1.165, 1.54) is 11.1 Å². The van der Waals surface area contributed by atoms with Crippen molar-refractivity contribution in [2.45, 2.75) is 48.5 Å². The molecule has 0 N–H and O–H groups in total. The van der Waals surface area contributed by atoms with Crippen molar-refractivity contribution in [2.75, 3.05) is 0 Å². The average Bonchev–Trinajstić information content (AvgIpc) is 2.80. The Hall–Kier alpha value is -2.49. The lowest BCUT2D eigenvalue weighted by molar-refractivity contribution is 0.103. The van der Waals surface area contributed by atoms with Crippen molar-refractivity contribution in [3.05, 3.63) is 56.5 Å². The Labute approximate surface area is 148 Å². The first-order valence-electron chi connectivity index (χ1n) is 8.57. The minimum atomic E-state index is 0.0308. The van der Waals surface area contributed by atoms with Gasteiger partial charge in [-0.25, -0.2) is 0 Å². The van der Waals surface area contributed by atoms with Crippen LogP contribution >= 0.6 is 0 Å². The third-order valence-corrected chi connectivity index (χ3v) is 5.49. The molecule has 3 rings (SSSR count). The van der Waals surface area contributed by atoms with Gasteiger partial charge in [-0.1, -0.05) is 0 Å². The highest BCUT2D eigenvalue weighted by atomic mass is 16.1. The molecule has 0 radical (unpaired) electrons. The number of aromatic nitrogens is 3. The number of nitrogens with zero attached hydrogens (tertiary/aromatic N) is 3. The summed E-state index contributed by atoms with van der Waals surface area (Å²) in [6.45, 7) is 14.2. The predicted octanol–water partition coefficient (Wildman–Crippen LogP) is 4.36. The van der Waals surface area contributed by atoms with E-state index in [1.807, 2.05) is 40.8 Å². The molecule has 2 heterocycles. The van der Waals surface area contributed by atoms with Gasteiger partial charge in [0, 0.05) is 29.4 Å². The number of carbonyl (C=O) groups excluding carboxylic acids is 1. The van der Waals surface area contributed by atoms with E-state index in [-0.39, 0.29) is 5.78 Å². The van der Waals surface area contributed by atoms with E-state index in [1.54, 1.807) is 4.68 Å². The summed E-state index contributed by atoms with van der Waals surface area (Å²) in [5.74, 6) is 0.0308. The summed E-state index contributed by atoms with van der Waals surface area (Å²) in [7, 11) is 1.87. The van der Waals surface area contributed by atoms with E-state index in [4.69, 9.17) is 4.98 Å².